The molecule has 1 aromatic carbocycles. The summed E-state index contributed by atoms with van der Waals surface area (Å²) in [5, 5.41) is 1.90. The largest absolute Gasteiger partial charge is 0.353 e. The average molecular weight is 352 g/mol. The highest BCUT2D eigenvalue weighted by molar-refractivity contribution is 8.18. The van der Waals surface area contributed by atoms with Crippen LogP contribution in [-0.4, -0.2) is 24.1 Å². The number of thioether (sulfide) groups is 1. The number of benzene rings is 1. The van der Waals surface area contributed by atoms with Gasteiger partial charge in [-0.2, -0.15) is 8.42 Å². The number of halogens is 1. The maximum atomic E-state index is 11.2. The number of hydrogen-bond acceptors (Lipinski definition) is 5. The molecule has 1 saturated heterocycles. The highest BCUT2D eigenvalue weighted by Crippen LogP contribution is 2.25. The van der Waals surface area contributed by atoms with Crippen LogP contribution in [0.25, 0.3) is 6.08 Å². The van der Waals surface area contributed by atoms with E-state index in [0.717, 1.165) is 17.3 Å². The zero-order chi connectivity index (χ0) is 16.5. The van der Waals surface area contributed by atoms with Gasteiger partial charge in [-0.05, 0) is 23.4 Å². The Morgan fingerprint density at radius 1 is 1.19 bits per heavy atom. The second kappa shape index (κ2) is 9.56. The number of hydrogen-bond donors (Lipinski definition) is 2. The molecule has 2 amide bonds. The van der Waals surface area contributed by atoms with Crippen LogP contribution in [0.2, 0.25) is 0 Å². The van der Waals surface area contributed by atoms with E-state index >= 15 is 0 Å². The summed E-state index contributed by atoms with van der Waals surface area (Å²) >= 11 is 0.930. The summed E-state index contributed by atoms with van der Waals surface area (Å²) in [5.74, 6) is -0.316. The van der Waals surface area contributed by atoms with Gasteiger partial charge in [0, 0.05) is 10.7 Å². The van der Waals surface area contributed by atoms with Gasteiger partial charge in [-0.1, -0.05) is 44.2 Å². The molecular formula is C12H14ClNO5S2. The second-order valence-electron chi connectivity index (χ2n) is 3.18. The molecule has 0 radical (unpaired) electrons. The summed E-state index contributed by atoms with van der Waals surface area (Å²) in [6.45, 7) is 4.00. The Morgan fingerprint density at radius 3 is 2.05 bits per heavy atom. The smallest absolute Gasteiger partial charge is 0.282 e. The van der Waals surface area contributed by atoms with Gasteiger partial charge in [-0.25, -0.2) is 0 Å². The van der Waals surface area contributed by atoms with Crippen LogP contribution >= 0.6 is 22.4 Å². The normalized spacial score (nSPS) is 15.5. The van der Waals surface area contributed by atoms with E-state index in [-0.39, 0.29) is 11.1 Å². The SMILES string of the molecule is CC.O=C1NC(=O)/C(=C/c2ccccc2)S1.O=S(=O)(O)Cl. The molecular weight excluding hydrogens is 338 g/mol. The predicted molar refractivity (Wildman–Crippen MR) is 84.3 cm³/mol. The molecule has 1 heterocycles. The van der Waals surface area contributed by atoms with Crippen LogP contribution in [0, 0.1) is 0 Å². The van der Waals surface area contributed by atoms with Crippen molar-refractivity contribution in [1.29, 1.82) is 0 Å². The lowest BCUT2D eigenvalue weighted by atomic mass is 10.2. The first-order valence-electron chi connectivity index (χ1n) is 5.72. The number of nitrogens with one attached hydrogen (secondary N) is 1. The van der Waals surface area contributed by atoms with Gasteiger partial charge in [0.1, 0.15) is 0 Å². The van der Waals surface area contributed by atoms with Crippen LogP contribution < -0.4 is 5.32 Å². The summed E-state index contributed by atoms with van der Waals surface area (Å²) in [6.07, 6.45) is 1.70. The van der Waals surface area contributed by atoms with Crippen molar-refractivity contribution in [2.45, 2.75) is 13.8 Å². The van der Waals surface area contributed by atoms with Gasteiger partial charge < -0.3 is 0 Å². The third-order valence-electron chi connectivity index (χ3n) is 1.74. The zero-order valence-electron chi connectivity index (χ0n) is 11.2. The van der Waals surface area contributed by atoms with Gasteiger partial charge in [0.05, 0.1) is 4.91 Å². The summed E-state index contributed by atoms with van der Waals surface area (Å²) in [4.78, 5) is 22.5. The van der Waals surface area contributed by atoms with Gasteiger partial charge in [0.15, 0.2) is 0 Å². The fourth-order valence-electron chi connectivity index (χ4n) is 1.12. The molecule has 1 fully saturated rings. The molecule has 0 bridgehead atoms. The van der Waals surface area contributed by atoms with E-state index in [1.807, 2.05) is 44.2 Å². The van der Waals surface area contributed by atoms with Gasteiger partial charge in [0.25, 0.3) is 11.1 Å². The van der Waals surface area contributed by atoms with Crippen molar-refractivity contribution < 1.29 is 22.6 Å². The Bertz CT molecular complexity index is 606. The highest BCUT2D eigenvalue weighted by Gasteiger charge is 2.24. The summed E-state index contributed by atoms with van der Waals surface area (Å²) in [7, 11) is -0.137. The monoisotopic (exact) mass is 351 g/mol. The van der Waals surface area contributed by atoms with Gasteiger partial charge in [0.2, 0.25) is 0 Å². The Labute approximate surface area is 131 Å². The van der Waals surface area contributed by atoms with Crippen molar-refractivity contribution in [3.63, 3.8) is 0 Å². The van der Waals surface area contributed by atoms with Crippen LogP contribution in [0.5, 0.6) is 0 Å². The Hall–Kier alpha value is -1.35. The lowest BCUT2D eigenvalue weighted by Gasteiger charge is -1.92. The summed E-state index contributed by atoms with van der Waals surface area (Å²) < 4.78 is 25.2. The van der Waals surface area contributed by atoms with E-state index in [2.05, 4.69) is 16.0 Å². The molecule has 6 nitrogen and oxygen atoms in total. The maximum Gasteiger partial charge on any atom is 0.353 e. The van der Waals surface area contributed by atoms with Crippen molar-refractivity contribution in [2.24, 2.45) is 0 Å². The first kappa shape index (κ1) is 19.7. The number of rotatable bonds is 1. The number of amides is 2. The Balaban J connectivity index is 0.000000489. The molecule has 1 aliphatic rings. The molecule has 0 aromatic heterocycles. The minimum atomic E-state index is -4.19. The summed E-state index contributed by atoms with van der Waals surface area (Å²) in [5.41, 5.74) is 0.917. The lowest BCUT2D eigenvalue weighted by molar-refractivity contribution is -0.115. The van der Waals surface area contributed by atoms with Crippen LogP contribution in [0.15, 0.2) is 35.2 Å². The van der Waals surface area contributed by atoms with Crippen molar-refractivity contribution >= 4 is 49.0 Å². The first-order chi connectivity index (χ1) is 9.75. The van der Waals surface area contributed by atoms with E-state index in [0.29, 0.717) is 4.91 Å². The number of imide groups is 1. The molecule has 0 spiro atoms. The van der Waals surface area contributed by atoms with E-state index in [1.54, 1.807) is 6.08 Å². The molecule has 1 aliphatic heterocycles. The minimum Gasteiger partial charge on any atom is -0.282 e. The number of carbonyl (C=O) groups excluding carboxylic acids is 2. The van der Waals surface area contributed by atoms with Crippen molar-refractivity contribution in [2.75, 3.05) is 0 Å². The topological polar surface area (TPSA) is 101 Å². The fraction of sp³-hybridized carbons (Fsp3) is 0.167. The van der Waals surface area contributed by atoms with E-state index in [4.69, 9.17) is 13.0 Å². The van der Waals surface area contributed by atoms with E-state index in [1.165, 1.54) is 0 Å². The molecule has 0 atom stereocenters. The zero-order valence-corrected chi connectivity index (χ0v) is 13.6. The summed E-state index contributed by atoms with van der Waals surface area (Å²) in [6, 6.07) is 9.42. The van der Waals surface area contributed by atoms with Gasteiger partial charge >= 0.3 is 9.33 Å². The molecule has 2 rings (SSSR count). The molecule has 1 aromatic rings. The quantitative estimate of drug-likeness (QED) is 0.458. The third kappa shape index (κ3) is 10.1. The van der Waals surface area contributed by atoms with Crippen molar-refractivity contribution in [1.82, 2.24) is 5.32 Å². The van der Waals surface area contributed by atoms with Gasteiger partial charge in [-0.15, -0.1) is 0 Å². The Kier molecular flexibility index (Phi) is 8.95. The van der Waals surface area contributed by atoms with Crippen molar-refractivity contribution in [3.05, 3.63) is 40.8 Å². The Morgan fingerprint density at radius 2 is 1.67 bits per heavy atom. The van der Waals surface area contributed by atoms with Crippen LogP contribution in [0.3, 0.4) is 0 Å². The predicted octanol–water partition coefficient (Wildman–Crippen LogP) is 3.06. The van der Waals surface area contributed by atoms with Crippen LogP contribution in [-0.2, 0) is 14.1 Å². The molecule has 0 aliphatic carbocycles. The molecule has 0 saturated carbocycles. The van der Waals surface area contributed by atoms with Gasteiger partial charge in [-0.3, -0.25) is 19.5 Å². The molecule has 9 heteroatoms. The van der Waals surface area contributed by atoms with Crippen molar-refractivity contribution in [3.8, 4) is 0 Å². The molecule has 0 unspecified atom stereocenters. The minimum absolute atomic E-state index is 0.308. The third-order valence-corrected chi connectivity index (χ3v) is 2.55. The molecule has 2 N–H and O–H groups in total. The number of carbonyl (C=O) groups is 2. The van der Waals surface area contributed by atoms with Crippen LogP contribution in [0.1, 0.15) is 19.4 Å². The average Bonchev–Trinajstić information content (AvgIpc) is 2.69. The van der Waals surface area contributed by atoms with Crippen LogP contribution in [0.4, 0.5) is 4.79 Å². The van der Waals surface area contributed by atoms with E-state index in [9.17, 15) is 9.59 Å². The fourth-order valence-corrected chi connectivity index (χ4v) is 1.80. The second-order valence-corrected chi connectivity index (χ2v) is 6.18. The molecule has 21 heavy (non-hydrogen) atoms. The first-order valence-corrected chi connectivity index (χ1v) is 8.81. The standard InChI is InChI=1S/C10H7NO2S.C2H6.ClHO3S/c12-9-8(14-10(13)11-9)6-7-4-2-1-3-5-7;1-2;1-5(2,3)4/h1-6H,(H,11,12,13);1-2H3;(H,2,3,4)/b8-6-;;. The molecule has 116 valence electrons. The maximum absolute atomic E-state index is 11.2. The highest BCUT2D eigenvalue weighted by atomic mass is 35.7. The van der Waals surface area contributed by atoms with E-state index < -0.39 is 9.33 Å². The lowest BCUT2D eigenvalue weighted by Crippen LogP contribution is -2.17.